The molecule has 0 saturated heterocycles. The summed E-state index contributed by atoms with van der Waals surface area (Å²) in [4.78, 5) is 0. The van der Waals surface area contributed by atoms with Crippen LogP contribution in [0.1, 0.15) is 46.5 Å². The number of allylic oxidation sites excluding steroid dienone is 4. The molecule has 0 amide bonds. The first-order chi connectivity index (χ1) is 6.25. The Bertz CT molecular complexity index is 284. The zero-order valence-corrected chi connectivity index (χ0v) is 11.0. The van der Waals surface area contributed by atoms with E-state index in [1.807, 2.05) is 0 Å². The fourth-order valence-electron chi connectivity index (χ4n) is 2.93. The largest absolute Gasteiger partial charge is 0.189 e. The van der Waals surface area contributed by atoms with Crippen LogP contribution in [0.5, 0.6) is 0 Å². The average molecular weight is 223 g/mol. The number of hydrogen-bond donors (Lipinski definition) is 0. The normalized spacial score (nSPS) is 25.8. The maximum absolute atomic E-state index is 2.45. The molecule has 2 aliphatic rings. The molecule has 0 heterocycles. The van der Waals surface area contributed by atoms with Crippen molar-refractivity contribution in [1.82, 2.24) is 0 Å². The van der Waals surface area contributed by atoms with Gasteiger partial charge in [0.1, 0.15) is 0 Å². The van der Waals surface area contributed by atoms with E-state index in [0.717, 1.165) is 5.92 Å². The van der Waals surface area contributed by atoms with E-state index >= 15 is 0 Å². The second kappa shape index (κ2) is 4.72. The van der Waals surface area contributed by atoms with E-state index in [9.17, 15) is 0 Å². The van der Waals surface area contributed by atoms with Crippen LogP contribution in [-0.2, 0) is 21.7 Å². The summed E-state index contributed by atoms with van der Waals surface area (Å²) in [6, 6.07) is 0. The molecule has 2 rings (SSSR count). The molecule has 0 aliphatic heterocycles. The summed E-state index contributed by atoms with van der Waals surface area (Å²) in [5.41, 5.74) is 6.60. The number of rotatable bonds is 1. The summed E-state index contributed by atoms with van der Waals surface area (Å²) in [6.45, 7) is 6.97. The quantitative estimate of drug-likeness (QED) is 0.464. The fraction of sp³-hybridized carbons (Fsp3) is 0.615. The smallest absolute Gasteiger partial charge is 0 e. The van der Waals surface area contributed by atoms with Crippen LogP contribution in [0, 0.1) is 12.3 Å². The van der Waals surface area contributed by atoms with Gasteiger partial charge in [-0.25, -0.2) is 0 Å². The standard InChI is InChI=1S/C13H19.Ti/c1-4-11-9(2)12-7-5-6-8-13(12)10(11)3;/h7,10H,4-6,8H2,1-3H3;/q-1;. The molecule has 0 nitrogen and oxygen atoms in total. The van der Waals surface area contributed by atoms with Crippen LogP contribution in [0.2, 0.25) is 0 Å². The van der Waals surface area contributed by atoms with Crippen molar-refractivity contribution in [2.24, 2.45) is 5.92 Å². The van der Waals surface area contributed by atoms with Crippen LogP contribution in [0.25, 0.3) is 0 Å². The van der Waals surface area contributed by atoms with E-state index in [1.165, 1.54) is 25.7 Å². The van der Waals surface area contributed by atoms with Crippen LogP contribution in [0.15, 0.2) is 22.3 Å². The van der Waals surface area contributed by atoms with Gasteiger partial charge < -0.3 is 0 Å². The zero-order chi connectivity index (χ0) is 9.42. The Hall–Kier alpha value is 0.0643. The third-order valence-corrected chi connectivity index (χ3v) is 3.66. The molecule has 1 atom stereocenters. The van der Waals surface area contributed by atoms with E-state index in [1.54, 1.807) is 22.3 Å². The molecule has 1 heteroatoms. The molecule has 0 aromatic rings. The summed E-state index contributed by atoms with van der Waals surface area (Å²) in [5, 5.41) is 0. The Morgan fingerprint density at radius 1 is 1.43 bits per heavy atom. The fourth-order valence-corrected chi connectivity index (χ4v) is 2.93. The summed E-state index contributed by atoms with van der Waals surface area (Å²) >= 11 is 0. The van der Waals surface area contributed by atoms with Gasteiger partial charge in [-0.1, -0.05) is 46.0 Å². The molecule has 0 radical (unpaired) electrons. The molecule has 0 fully saturated rings. The maximum atomic E-state index is 2.45. The van der Waals surface area contributed by atoms with Crippen molar-refractivity contribution in [2.75, 3.05) is 0 Å². The van der Waals surface area contributed by atoms with Gasteiger partial charge >= 0.3 is 0 Å². The van der Waals surface area contributed by atoms with Crippen molar-refractivity contribution in [1.29, 1.82) is 0 Å². The third-order valence-electron chi connectivity index (χ3n) is 3.66. The van der Waals surface area contributed by atoms with Crippen LogP contribution >= 0.6 is 0 Å². The van der Waals surface area contributed by atoms with Crippen LogP contribution in [-0.4, -0.2) is 0 Å². The molecule has 14 heavy (non-hydrogen) atoms. The van der Waals surface area contributed by atoms with Crippen molar-refractivity contribution in [3.05, 3.63) is 28.7 Å². The first-order valence-electron chi connectivity index (χ1n) is 5.52. The summed E-state index contributed by atoms with van der Waals surface area (Å²) in [5.74, 6) is 0.747. The summed E-state index contributed by atoms with van der Waals surface area (Å²) < 4.78 is 0. The molecule has 0 spiro atoms. The average Bonchev–Trinajstić information content (AvgIpc) is 2.41. The molecule has 0 aromatic carbocycles. The molecular formula is C13H19Ti-. The summed E-state index contributed by atoms with van der Waals surface area (Å²) in [7, 11) is 0. The van der Waals surface area contributed by atoms with Crippen LogP contribution < -0.4 is 0 Å². The summed E-state index contributed by atoms with van der Waals surface area (Å²) in [6.07, 6.45) is 7.68. The Labute approximate surface area is 103 Å². The second-order valence-corrected chi connectivity index (χ2v) is 4.26. The van der Waals surface area contributed by atoms with Gasteiger partial charge in [0, 0.05) is 21.7 Å². The van der Waals surface area contributed by atoms with Gasteiger partial charge in [-0.2, -0.15) is 23.1 Å². The van der Waals surface area contributed by atoms with Gasteiger partial charge in [0.25, 0.3) is 0 Å². The van der Waals surface area contributed by atoms with Gasteiger partial charge in [-0.3, -0.25) is 0 Å². The van der Waals surface area contributed by atoms with Gasteiger partial charge in [0.15, 0.2) is 0 Å². The van der Waals surface area contributed by atoms with E-state index in [4.69, 9.17) is 0 Å². The van der Waals surface area contributed by atoms with Gasteiger partial charge in [0.05, 0.1) is 0 Å². The Kier molecular flexibility index (Phi) is 4.09. The monoisotopic (exact) mass is 223 g/mol. The third kappa shape index (κ3) is 1.75. The number of hydrogen-bond acceptors (Lipinski definition) is 0. The minimum Gasteiger partial charge on any atom is -0.189 e. The van der Waals surface area contributed by atoms with Crippen LogP contribution in [0.3, 0.4) is 0 Å². The maximum Gasteiger partial charge on any atom is 0 e. The van der Waals surface area contributed by atoms with Gasteiger partial charge in [-0.15, -0.1) is 5.57 Å². The molecule has 76 valence electrons. The molecule has 0 N–H and O–H groups in total. The Morgan fingerprint density at radius 2 is 2.14 bits per heavy atom. The van der Waals surface area contributed by atoms with Crippen molar-refractivity contribution in [3.63, 3.8) is 0 Å². The Morgan fingerprint density at radius 3 is 2.71 bits per heavy atom. The van der Waals surface area contributed by atoms with E-state index < -0.39 is 0 Å². The van der Waals surface area contributed by atoms with E-state index in [0.29, 0.717) is 0 Å². The van der Waals surface area contributed by atoms with Crippen molar-refractivity contribution >= 4 is 0 Å². The molecule has 0 saturated carbocycles. The van der Waals surface area contributed by atoms with Gasteiger partial charge in [0.2, 0.25) is 0 Å². The SMILES string of the molecule is CCC1=C(C)C2=C(CCC[CH-]2)C1C.[Ti]. The van der Waals surface area contributed by atoms with E-state index in [-0.39, 0.29) is 21.7 Å². The first kappa shape index (κ1) is 12.1. The molecule has 0 aromatic heterocycles. The van der Waals surface area contributed by atoms with Gasteiger partial charge in [-0.05, 0) is 6.42 Å². The molecular weight excluding hydrogens is 204 g/mol. The topological polar surface area (TPSA) is 0 Å². The molecule has 2 aliphatic carbocycles. The van der Waals surface area contributed by atoms with Crippen LogP contribution in [0.4, 0.5) is 0 Å². The van der Waals surface area contributed by atoms with E-state index in [2.05, 4.69) is 27.2 Å². The molecule has 1 unspecified atom stereocenters. The van der Waals surface area contributed by atoms with Crippen molar-refractivity contribution in [2.45, 2.75) is 46.5 Å². The predicted octanol–water partition coefficient (Wildman–Crippen LogP) is 4.04. The minimum atomic E-state index is 0. The second-order valence-electron chi connectivity index (χ2n) is 4.26. The van der Waals surface area contributed by atoms with Crippen molar-refractivity contribution in [3.8, 4) is 0 Å². The molecule has 0 bridgehead atoms. The first-order valence-corrected chi connectivity index (χ1v) is 5.52. The van der Waals surface area contributed by atoms with Crippen molar-refractivity contribution < 1.29 is 21.7 Å². The zero-order valence-electron chi connectivity index (χ0n) is 9.48. The minimum absolute atomic E-state index is 0. The Balaban J connectivity index is 0.000000980. The predicted molar refractivity (Wildman–Crippen MR) is 57.3 cm³/mol.